The Kier molecular flexibility index (Phi) is 17.7. The first-order valence-corrected chi connectivity index (χ1v) is 43.5. The van der Waals surface area contributed by atoms with Gasteiger partial charge in [0.2, 0.25) is 0 Å². The first-order valence-electron chi connectivity index (χ1n) is 43.5. The Hall–Kier alpha value is -11.7. The molecule has 0 fully saturated rings. The Morgan fingerprint density at radius 2 is 0.797 bits per heavy atom. The lowest BCUT2D eigenvalue weighted by Gasteiger charge is -2.45. The number of aryl methyl sites for hydroxylation is 1. The van der Waals surface area contributed by atoms with Crippen molar-refractivity contribution < 1.29 is 4.42 Å². The zero-order valence-corrected chi connectivity index (χ0v) is 71.6. The molecule has 0 unspecified atom stereocenters. The molecule has 0 bridgehead atoms. The summed E-state index contributed by atoms with van der Waals surface area (Å²) in [7, 11) is 0. The number of rotatable bonds is 14. The summed E-state index contributed by atoms with van der Waals surface area (Å²) < 4.78 is 9.60. The number of unbranched alkanes of at least 4 members (excludes halogenated alkanes) is 3. The van der Waals surface area contributed by atoms with Gasteiger partial charge in [0.25, 0.3) is 6.71 Å². The van der Waals surface area contributed by atoms with E-state index < -0.39 is 5.41 Å². The average molecular weight is 1530 g/mol. The van der Waals surface area contributed by atoms with E-state index in [1.54, 1.807) is 0 Å². The third-order valence-corrected chi connectivity index (χ3v) is 27.1. The molecule has 1 spiro atoms. The lowest BCUT2D eigenvalue weighted by atomic mass is 9.33. The molecule has 4 nitrogen and oxygen atoms in total. The summed E-state index contributed by atoms with van der Waals surface area (Å²) >= 11 is 0. The fourth-order valence-electron chi connectivity index (χ4n) is 20.7. The normalized spacial score (nSPS) is 14.0. The number of hydrogen-bond acceptors (Lipinski definition) is 3. The number of furan rings is 1. The maximum absolute atomic E-state index is 6.97. The van der Waals surface area contributed by atoms with Gasteiger partial charge in [0, 0.05) is 68.6 Å². The molecule has 0 amide bonds. The summed E-state index contributed by atoms with van der Waals surface area (Å²) in [5.74, 6) is 0. The monoisotopic (exact) mass is 1530 g/mol. The molecule has 4 aliphatic rings. The number of hydrogen-bond donors (Lipinski definition) is 0. The Bertz CT molecular complexity index is 6680. The van der Waals surface area contributed by atoms with E-state index in [9.17, 15) is 0 Å². The van der Waals surface area contributed by atoms with E-state index in [0.29, 0.717) is 0 Å². The minimum absolute atomic E-state index is 0.0295. The molecule has 118 heavy (non-hydrogen) atoms. The second-order valence-corrected chi connectivity index (χ2v) is 39.7. The van der Waals surface area contributed by atoms with Crippen LogP contribution in [0.4, 0.5) is 22.7 Å². The highest BCUT2D eigenvalue weighted by atomic mass is 16.3. The van der Waals surface area contributed by atoms with E-state index in [2.05, 4.69) is 403 Å². The van der Waals surface area contributed by atoms with Gasteiger partial charge in [-0.3, -0.25) is 0 Å². The molecule has 0 radical (unpaired) electrons. The maximum Gasteiger partial charge on any atom is 0.252 e. The average Bonchev–Trinajstić information content (AvgIpc) is 1.67. The van der Waals surface area contributed by atoms with E-state index >= 15 is 0 Å². The van der Waals surface area contributed by atoms with Gasteiger partial charge < -0.3 is 18.8 Å². The summed E-state index contributed by atoms with van der Waals surface area (Å²) in [6.07, 6.45) is 6.22. The molecular weight excluding hydrogens is 1430 g/mol. The molecule has 20 rings (SSSR count). The summed E-state index contributed by atoms with van der Waals surface area (Å²) in [5.41, 5.74) is 41.8. The van der Waals surface area contributed by atoms with Gasteiger partial charge >= 0.3 is 0 Å². The number of fused-ring (bicyclic) bond motifs is 20. The van der Waals surface area contributed by atoms with Crippen molar-refractivity contribution in [3.8, 4) is 61.3 Å². The lowest BCUT2D eigenvalue weighted by molar-refractivity contribution is 0.589. The van der Waals surface area contributed by atoms with Crippen LogP contribution < -0.4 is 26.2 Å². The van der Waals surface area contributed by atoms with E-state index in [1.165, 1.54) is 167 Å². The van der Waals surface area contributed by atoms with E-state index in [4.69, 9.17) is 4.42 Å². The molecule has 584 valence electrons. The molecular formula is C113H108BN3O. The SMILES string of the molecule is CC(C)(C)c1ccc(-c2cc(C(C)(C)C)ccc2CCCCCCN2c3cc(-n4c5ccccc5c5cc6c(cc54)C4(c5ccccc5-c5ccccc54)c4ccccc4-6)ccc3B3c4cc(-c5cccc6c5oc5ccccc56)ccc4N(CCc4ccc(C(C)(C)C)cc4-c4ccc(C(C)(C)C)cc4)c4cc(C(C)(C)C)cc2c43)cc1. The van der Waals surface area contributed by atoms with Crippen LogP contribution in [0, 0.1) is 0 Å². The summed E-state index contributed by atoms with van der Waals surface area (Å²) in [4.78, 5) is 5.56. The van der Waals surface area contributed by atoms with Crippen LogP contribution in [-0.4, -0.2) is 24.4 Å². The minimum Gasteiger partial charge on any atom is -0.455 e. The van der Waals surface area contributed by atoms with Crippen LogP contribution in [0.5, 0.6) is 0 Å². The van der Waals surface area contributed by atoms with E-state index in [0.717, 1.165) is 90.4 Å². The molecule has 2 aliphatic carbocycles. The lowest BCUT2D eigenvalue weighted by Crippen LogP contribution is -2.62. The smallest absolute Gasteiger partial charge is 0.252 e. The fourth-order valence-corrected chi connectivity index (χ4v) is 20.7. The topological polar surface area (TPSA) is 24.6 Å². The van der Waals surface area contributed by atoms with Gasteiger partial charge in [0.1, 0.15) is 11.2 Å². The van der Waals surface area contributed by atoms with E-state index in [1.807, 2.05) is 0 Å². The number of nitrogens with zero attached hydrogens (tertiary/aromatic N) is 3. The van der Waals surface area contributed by atoms with E-state index in [-0.39, 0.29) is 33.8 Å². The zero-order valence-electron chi connectivity index (χ0n) is 71.6. The number of anilines is 4. The molecule has 0 saturated carbocycles. The summed E-state index contributed by atoms with van der Waals surface area (Å²) in [6.45, 7) is 36.7. The van der Waals surface area contributed by atoms with Crippen molar-refractivity contribution in [1.29, 1.82) is 0 Å². The first-order chi connectivity index (χ1) is 56.7. The highest BCUT2D eigenvalue weighted by Crippen LogP contribution is 2.64. The molecule has 0 N–H and O–H groups in total. The predicted molar refractivity (Wildman–Crippen MR) is 504 cm³/mol. The van der Waals surface area contributed by atoms with Gasteiger partial charge in [-0.2, -0.15) is 0 Å². The van der Waals surface area contributed by atoms with Gasteiger partial charge in [-0.15, -0.1) is 0 Å². The zero-order chi connectivity index (χ0) is 81.3. The molecule has 14 aromatic carbocycles. The Morgan fingerprint density at radius 1 is 0.297 bits per heavy atom. The van der Waals surface area contributed by atoms with Crippen molar-refractivity contribution in [3.05, 3.63) is 346 Å². The Morgan fingerprint density at radius 3 is 1.40 bits per heavy atom. The predicted octanol–water partition coefficient (Wildman–Crippen LogP) is 28.0. The van der Waals surface area contributed by atoms with Crippen LogP contribution in [0.1, 0.15) is 191 Å². The summed E-state index contributed by atoms with van der Waals surface area (Å²) in [6, 6.07) is 111. The van der Waals surface area contributed by atoms with Gasteiger partial charge in [0.15, 0.2) is 0 Å². The van der Waals surface area contributed by atoms with Gasteiger partial charge in [-0.25, -0.2) is 0 Å². The van der Waals surface area contributed by atoms with Crippen LogP contribution in [0.3, 0.4) is 0 Å². The largest absolute Gasteiger partial charge is 0.455 e. The van der Waals surface area contributed by atoms with Crippen molar-refractivity contribution in [1.82, 2.24) is 4.57 Å². The standard InChI is InChI=1S/C113H108BN3O/c1-108(2,3)76-51-44-72(45-52-76)89-64-78(110(7,8)9)55-48-71(89)31-18-16-17-29-61-115-102-68-81(117-99-42-27-22-35-86(99)92-69-91-85-34-21-26-41-95(85)113(96(91)70-101(92)117)93-39-24-19-32-83(93)84-33-20-25-40-94(84)113)57-58-97(102)114-98-63-75(82-37-30-38-88-87-36-23-28-43-105(87)118-107(82)88)50-59-100(98)116(104-67-80(112(13,14)15)66-103(115)106(104)114)62-60-74-49-56-79(111(10,11)12)65-90(74)73-46-53-77(54-47-73)109(4,5)6/h19-28,30,32-59,63-70H,16-18,29,31,60-62H2,1-15H3. The molecule has 4 heterocycles. The molecule has 2 aromatic heterocycles. The van der Waals surface area contributed by atoms with Crippen LogP contribution >= 0.6 is 0 Å². The van der Waals surface area contributed by atoms with Crippen LogP contribution in [0.15, 0.2) is 290 Å². The number of aromatic nitrogens is 1. The number of benzene rings is 14. The Balaban J connectivity index is 0.767. The fraction of sp³-hybridized carbons (Fsp3) is 0.257. The molecule has 2 aliphatic heterocycles. The maximum atomic E-state index is 6.97. The second-order valence-electron chi connectivity index (χ2n) is 39.7. The van der Waals surface area contributed by atoms with Crippen molar-refractivity contribution >= 4 is 89.6 Å². The second kappa shape index (κ2) is 27.7. The van der Waals surface area contributed by atoms with Gasteiger partial charge in [-0.05, 0) is 235 Å². The quantitative estimate of drug-likeness (QED) is 0.0801. The Labute approximate surface area is 699 Å². The number of para-hydroxylation sites is 3. The van der Waals surface area contributed by atoms with Crippen molar-refractivity contribution in [2.75, 3.05) is 22.9 Å². The highest BCUT2D eigenvalue weighted by molar-refractivity contribution is 7.00. The van der Waals surface area contributed by atoms with Crippen LogP contribution in [0.25, 0.3) is 105 Å². The van der Waals surface area contributed by atoms with Crippen LogP contribution in [0.2, 0.25) is 0 Å². The highest BCUT2D eigenvalue weighted by Gasteiger charge is 2.52. The molecule has 0 atom stereocenters. The van der Waals surface area contributed by atoms with Gasteiger partial charge in [-0.1, -0.05) is 347 Å². The van der Waals surface area contributed by atoms with Crippen molar-refractivity contribution in [3.63, 3.8) is 0 Å². The molecule has 16 aromatic rings. The molecule has 0 saturated heterocycles. The summed E-state index contributed by atoms with van der Waals surface area (Å²) in [5, 5.41) is 4.79. The third kappa shape index (κ3) is 12.3. The molecule has 5 heteroatoms. The third-order valence-electron chi connectivity index (χ3n) is 27.1. The minimum atomic E-state index is -0.500. The van der Waals surface area contributed by atoms with Crippen molar-refractivity contribution in [2.45, 2.75) is 175 Å². The van der Waals surface area contributed by atoms with Crippen LogP contribution in [-0.2, 0) is 45.3 Å². The van der Waals surface area contributed by atoms with Crippen molar-refractivity contribution in [2.24, 2.45) is 0 Å². The van der Waals surface area contributed by atoms with Gasteiger partial charge in [0.05, 0.1) is 16.4 Å². The first kappa shape index (κ1) is 75.1.